The molecule has 1 amide bonds. The van der Waals surface area contributed by atoms with Crippen molar-refractivity contribution >= 4 is 34.1 Å². The third-order valence-electron chi connectivity index (χ3n) is 3.92. The zero-order chi connectivity index (χ0) is 19.6. The van der Waals surface area contributed by atoms with E-state index < -0.39 is 0 Å². The van der Waals surface area contributed by atoms with E-state index in [1.807, 2.05) is 37.5 Å². The molecule has 0 aliphatic heterocycles. The van der Waals surface area contributed by atoms with Crippen molar-refractivity contribution in [3.8, 4) is 11.6 Å². The predicted molar refractivity (Wildman–Crippen MR) is 108 cm³/mol. The van der Waals surface area contributed by atoms with Crippen LogP contribution in [0.5, 0.6) is 0 Å². The second-order valence-corrected chi connectivity index (χ2v) is 9.21. The van der Waals surface area contributed by atoms with E-state index in [0.717, 1.165) is 17.1 Å². The molecule has 0 fully saturated rings. The molecular formula is C18H23N5O2S2. The van der Waals surface area contributed by atoms with Gasteiger partial charge in [-0.25, -0.2) is 4.98 Å². The first-order valence-electron chi connectivity index (χ1n) is 8.73. The normalized spacial score (nSPS) is 12.5. The Balaban J connectivity index is 1.76. The maximum atomic E-state index is 12.6. The largest absolute Gasteiger partial charge is 0.461 e. The number of furan rings is 1. The van der Waals surface area contributed by atoms with Crippen LogP contribution in [0, 0.1) is 19.8 Å². The minimum absolute atomic E-state index is 0.104. The van der Waals surface area contributed by atoms with Crippen LogP contribution in [0.25, 0.3) is 11.6 Å². The lowest BCUT2D eigenvalue weighted by Crippen LogP contribution is -2.23. The lowest BCUT2D eigenvalue weighted by molar-refractivity contribution is -0.115. The highest BCUT2D eigenvalue weighted by molar-refractivity contribution is 8.00. The van der Waals surface area contributed by atoms with E-state index >= 15 is 0 Å². The lowest BCUT2D eigenvalue weighted by atomic mass is 10.2. The van der Waals surface area contributed by atoms with Gasteiger partial charge in [-0.3, -0.25) is 9.36 Å². The van der Waals surface area contributed by atoms with Gasteiger partial charge < -0.3 is 9.73 Å². The zero-order valence-electron chi connectivity index (χ0n) is 16.0. The number of nitrogens with zero attached hydrogens (tertiary/aromatic N) is 4. The smallest absolute Gasteiger partial charge is 0.239 e. The summed E-state index contributed by atoms with van der Waals surface area (Å²) in [6, 6.07) is 3.68. The minimum atomic E-state index is -0.339. The topological polar surface area (TPSA) is 85.8 Å². The van der Waals surface area contributed by atoms with Crippen LogP contribution in [0.1, 0.15) is 31.3 Å². The molecular weight excluding hydrogens is 382 g/mol. The molecule has 0 aliphatic rings. The van der Waals surface area contributed by atoms with E-state index in [4.69, 9.17) is 4.42 Å². The van der Waals surface area contributed by atoms with E-state index in [0.29, 0.717) is 27.8 Å². The second kappa shape index (κ2) is 8.26. The van der Waals surface area contributed by atoms with Gasteiger partial charge in [0.25, 0.3) is 0 Å². The van der Waals surface area contributed by atoms with Crippen LogP contribution in [-0.4, -0.2) is 30.9 Å². The quantitative estimate of drug-likeness (QED) is 0.587. The summed E-state index contributed by atoms with van der Waals surface area (Å²) in [6.45, 7) is 10.8. The number of aromatic nitrogens is 4. The highest BCUT2D eigenvalue weighted by Crippen LogP contribution is 2.29. The number of carbonyl (C=O) groups is 1. The van der Waals surface area contributed by atoms with Gasteiger partial charge in [-0.15, -0.1) is 21.5 Å². The maximum Gasteiger partial charge on any atom is 0.239 e. The van der Waals surface area contributed by atoms with Gasteiger partial charge in [0.1, 0.15) is 0 Å². The van der Waals surface area contributed by atoms with E-state index in [1.165, 1.54) is 23.1 Å². The average molecular weight is 406 g/mol. The van der Waals surface area contributed by atoms with Crippen LogP contribution >= 0.6 is 23.1 Å². The van der Waals surface area contributed by atoms with Crippen molar-refractivity contribution in [2.24, 2.45) is 5.92 Å². The lowest BCUT2D eigenvalue weighted by Gasteiger charge is -2.14. The average Bonchev–Trinajstić information content (AvgIpc) is 3.30. The molecule has 3 aromatic rings. The van der Waals surface area contributed by atoms with Gasteiger partial charge in [-0.05, 0) is 38.8 Å². The summed E-state index contributed by atoms with van der Waals surface area (Å²) < 4.78 is 7.49. The number of nitrogens with one attached hydrogen (secondary N) is 1. The molecule has 27 heavy (non-hydrogen) atoms. The van der Waals surface area contributed by atoms with E-state index in [-0.39, 0.29) is 11.2 Å². The predicted octanol–water partition coefficient (Wildman–Crippen LogP) is 4.39. The number of carbonyl (C=O) groups excluding carboxylic acids is 1. The van der Waals surface area contributed by atoms with Gasteiger partial charge in [0, 0.05) is 11.4 Å². The van der Waals surface area contributed by atoms with Crippen molar-refractivity contribution in [2.75, 3.05) is 5.32 Å². The fraction of sp³-hybridized carbons (Fsp3) is 0.444. The Kier molecular flexibility index (Phi) is 6.01. The number of aryl methyl sites for hydroxylation is 2. The van der Waals surface area contributed by atoms with Gasteiger partial charge in [0.05, 0.1) is 17.2 Å². The molecule has 0 aliphatic carbocycles. The molecule has 3 aromatic heterocycles. The first kappa shape index (κ1) is 19.6. The molecule has 0 spiro atoms. The highest BCUT2D eigenvalue weighted by atomic mass is 32.2. The Labute approximate surface area is 166 Å². The molecule has 0 saturated carbocycles. The fourth-order valence-electron chi connectivity index (χ4n) is 2.44. The van der Waals surface area contributed by atoms with Crippen LogP contribution in [-0.2, 0) is 11.3 Å². The summed E-state index contributed by atoms with van der Waals surface area (Å²) in [6.07, 6.45) is 1.62. The second-order valence-electron chi connectivity index (χ2n) is 6.70. The van der Waals surface area contributed by atoms with Crippen LogP contribution < -0.4 is 5.32 Å². The first-order chi connectivity index (χ1) is 12.8. The van der Waals surface area contributed by atoms with Gasteiger partial charge in [0.15, 0.2) is 21.9 Å². The Morgan fingerprint density at radius 1 is 1.33 bits per heavy atom. The van der Waals surface area contributed by atoms with E-state index in [1.54, 1.807) is 6.26 Å². The molecule has 0 bridgehead atoms. The summed E-state index contributed by atoms with van der Waals surface area (Å²) in [5, 5.41) is 12.5. The van der Waals surface area contributed by atoms with Crippen molar-refractivity contribution in [3.63, 3.8) is 0 Å². The van der Waals surface area contributed by atoms with Crippen molar-refractivity contribution in [1.29, 1.82) is 0 Å². The third-order valence-corrected chi connectivity index (χ3v) is 5.98. The minimum Gasteiger partial charge on any atom is -0.461 e. The molecule has 9 heteroatoms. The summed E-state index contributed by atoms with van der Waals surface area (Å²) >= 11 is 2.86. The Morgan fingerprint density at radius 3 is 2.70 bits per heavy atom. The SMILES string of the molecule is Cc1nc(NC(=O)[C@@H](C)Sc2nnc(-c3ccco3)n2CC(C)C)sc1C. The molecule has 3 heterocycles. The first-order valence-corrected chi connectivity index (χ1v) is 10.4. The molecule has 144 valence electrons. The molecule has 1 N–H and O–H groups in total. The molecule has 7 nitrogen and oxygen atoms in total. The summed E-state index contributed by atoms with van der Waals surface area (Å²) in [5.74, 6) is 1.64. The highest BCUT2D eigenvalue weighted by Gasteiger charge is 2.23. The molecule has 3 rings (SSSR count). The van der Waals surface area contributed by atoms with Crippen LogP contribution in [0.15, 0.2) is 28.0 Å². The number of hydrogen-bond acceptors (Lipinski definition) is 7. The van der Waals surface area contributed by atoms with Crippen LogP contribution in [0.2, 0.25) is 0 Å². The summed E-state index contributed by atoms with van der Waals surface area (Å²) in [5.41, 5.74) is 0.940. The number of hydrogen-bond donors (Lipinski definition) is 1. The Hall–Kier alpha value is -2.13. The van der Waals surface area contributed by atoms with E-state index in [2.05, 4.69) is 34.3 Å². The van der Waals surface area contributed by atoms with E-state index in [9.17, 15) is 4.79 Å². The molecule has 0 radical (unpaired) electrons. The zero-order valence-corrected chi connectivity index (χ0v) is 17.6. The van der Waals surface area contributed by atoms with Crippen molar-refractivity contribution in [2.45, 2.75) is 51.6 Å². The number of thiazole rings is 1. The number of thioether (sulfide) groups is 1. The Morgan fingerprint density at radius 2 is 2.11 bits per heavy atom. The van der Waals surface area contributed by atoms with Crippen molar-refractivity contribution in [3.05, 3.63) is 29.0 Å². The van der Waals surface area contributed by atoms with Crippen LogP contribution in [0.3, 0.4) is 0 Å². The van der Waals surface area contributed by atoms with Gasteiger partial charge >= 0.3 is 0 Å². The molecule has 0 saturated heterocycles. The Bertz CT molecular complexity index is 895. The molecule has 1 atom stereocenters. The van der Waals surface area contributed by atoms with Gasteiger partial charge in [-0.1, -0.05) is 25.6 Å². The van der Waals surface area contributed by atoms with Gasteiger partial charge in [0.2, 0.25) is 5.91 Å². The van der Waals surface area contributed by atoms with Gasteiger partial charge in [-0.2, -0.15) is 0 Å². The molecule has 0 unspecified atom stereocenters. The van der Waals surface area contributed by atoms with Crippen molar-refractivity contribution in [1.82, 2.24) is 19.7 Å². The third kappa shape index (κ3) is 4.59. The fourth-order valence-corrected chi connectivity index (χ4v) is 4.11. The summed E-state index contributed by atoms with van der Waals surface area (Å²) in [7, 11) is 0. The number of rotatable bonds is 7. The van der Waals surface area contributed by atoms with Crippen molar-refractivity contribution < 1.29 is 9.21 Å². The van der Waals surface area contributed by atoms with Crippen LogP contribution in [0.4, 0.5) is 5.13 Å². The summed E-state index contributed by atoms with van der Waals surface area (Å²) in [4.78, 5) is 18.0. The monoisotopic (exact) mass is 405 g/mol. The number of amides is 1. The maximum absolute atomic E-state index is 12.6. The molecule has 0 aromatic carbocycles. The number of anilines is 1. The standard InChI is InChI=1S/C18H23N5O2S2/c1-10(2)9-23-15(14-7-6-8-25-14)21-22-18(23)27-13(5)16(24)20-17-19-11(3)12(4)26-17/h6-8,10,13H,9H2,1-5H3,(H,19,20,24)/t13-/m1/s1.